The first-order valence-corrected chi connectivity index (χ1v) is 9.00. The molecule has 0 aliphatic carbocycles. The Morgan fingerprint density at radius 1 is 1.42 bits per heavy atom. The van der Waals surface area contributed by atoms with Gasteiger partial charge >= 0.3 is 0 Å². The Balaban J connectivity index is 1.83. The number of hydrogen-bond acceptors (Lipinski definition) is 3. The largest absolute Gasteiger partial charge is 0.376 e. The molecule has 0 aromatic heterocycles. The summed E-state index contributed by atoms with van der Waals surface area (Å²) in [7, 11) is 1.97. The van der Waals surface area contributed by atoms with Gasteiger partial charge in [-0.25, -0.2) is 0 Å². The van der Waals surface area contributed by atoms with E-state index in [1.165, 1.54) is 11.1 Å². The van der Waals surface area contributed by atoms with Crippen molar-refractivity contribution in [1.29, 1.82) is 0 Å². The molecule has 0 amide bonds. The van der Waals surface area contributed by atoms with Crippen LogP contribution in [0.25, 0.3) is 0 Å². The molecule has 24 heavy (non-hydrogen) atoms. The predicted octanol–water partition coefficient (Wildman–Crippen LogP) is 1.99. The third-order valence-corrected chi connectivity index (χ3v) is 5.34. The number of allylic oxidation sites excluding steroid dienone is 1. The summed E-state index contributed by atoms with van der Waals surface area (Å²) >= 11 is 0. The maximum absolute atomic E-state index is 11.0. The van der Waals surface area contributed by atoms with Gasteiger partial charge in [-0.1, -0.05) is 30.0 Å². The Kier molecular flexibility index (Phi) is 5.40. The van der Waals surface area contributed by atoms with Gasteiger partial charge in [-0.05, 0) is 69.6 Å². The molecule has 3 aliphatic rings. The van der Waals surface area contributed by atoms with Crippen LogP contribution in [0.2, 0.25) is 0 Å². The SMILES string of the molecule is C=CCc1cc(CCNC)ccc1C#CC1(O)CN2CCC1CC2. The Hall–Kier alpha value is -1.60. The highest BCUT2D eigenvalue weighted by Crippen LogP contribution is 2.35. The first-order valence-electron chi connectivity index (χ1n) is 9.00. The highest BCUT2D eigenvalue weighted by Gasteiger charge is 2.44. The number of nitrogens with one attached hydrogen (secondary N) is 1. The Morgan fingerprint density at radius 2 is 2.21 bits per heavy atom. The molecule has 1 atom stereocenters. The zero-order valence-corrected chi connectivity index (χ0v) is 14.6. The summed E-state index contributed by atoms with van der Waals surface area (Å²) in [6.07, 6.45) is 5.87. The molecule has 4 rings (SSSR count). The van der Waals surface area contributed by atoms with Gasteiger partial charge in [0, 0.05) is 18.0 Å². The quantitative estimate of drug-likeness (QED) is 0.642. The fourth-order valence-corrected chi connectivity index (χ4v) is 3.87. The minimum Gasteiger partial charge on any atom is -0.376 e. The topological polar surface area (TPSA) is 35.5 Å². The summed E-state index contributed by atoms with van der Waals surface area (Å²) in [5.74, 6) is 6.84. The molecule has 3 fully saturated rings. The third kappa shape index (κ3) is 3.72. The van der Waals surface area contributed by atoms with Gasteiger partial charge in [-0.15, -0.1) is 6.58 Å². The van der Waals surface area contributed by atoms with Gasteiger partial charge in [0.15, 0.2) is 0 Å². The van der Waals surface area contributed by atoms with E-state index in [4.69, 9.17) is 0 Å². The second kappa shape index (κ2) is 7.53. The molecule has 3 saturated heterocycles. The van der Waals surface area contributed by atoms with E-state index in [2.05, 4.69) is 46.8 Å². The van der Waals surface area contributed by atoms with E-state index in [0.29, 0.717) is 12.5 Å². The van der Waals surface area contributed by atoms with E-state index in [9.17, 15) is 5.11 Å². The van der Waals surface area contributed by atoms with Gasteiger partial charge < -0.3 is 10.4 Å². The van der Waals surface area contributed by atoms with Gasteiger partial charge in [0.05, 0.1) is 0 Å². The minimum absolute atomic E-state index is 0.327. The Bertz CT molecular complexity index is 650. The van der Waals surface area contributed by atoms with E-state index in [1.54, 1.807) is 0 Å². The van der Waals surface area contributed by atoms with E-state index < -0.39 is 5.60 Å². The molecule has 3 nitrogen and oxygen atoms in total. The number of benzene rings is 1. The molecule has 3 aliphatic heterocycles. The third-order valence-electron chi connectivity index (χ3n) is 5.34. The van der Waals surface area contributed by atoms with Crippen LogP contribution in [-0.2, 0) is 12.8 Å². The van der Waals surface area contributed by atoms with Gasteiger partial charge in [0.2, 0.25) is 0 Å². The maximum Gasteiger partial charge on any atom is 0.141 e. The summed E-state index contributed by atoms with van der Waals surface area (Å²) < 4.78 is 0. The fraction of sp³-hybridized carbons (Fsp3) is 0.524. The van der Waals surface area contributed by atoms with E-state index in [1.807, 2.05) is 13.1 Å². The summed E-state index contributed by atoms with van der Waals surface area (Å²) in [5.41, 5.74) is 2.70. The van der Waals surface area contributed by atoms with Crippen molar-refractivity contribution >= 4 is 0 Å². The lowest BCUT2D eigenvalue weighted by Gasteiger charge is -2.47. The van der Waals surface area contributed by atoms with Crippen molar-refractivity contribution in [3.63, 3.8) is 0 Å². The van der Waals surface area contributed by atoms with Crippen LogP contribution in [0, 0.1) is 17.8 Å². The number of piperidine rings is 3. The molecule has 0 radical (unpaired) electrons. The van der Waals surface area contributed by atoms with Crippen LogP contribution in [0.5, 0.6) is 0 Å². The molecular formula is C21H28N2O. The zero-order chi connectivity index (χ0) is 17.0. The van der Waals surface area contributed by atoms with Crippen LogP contribution in [0.1, 0.15) is 29.5 Å². The number of rotatable bonds is 5. The molecule has 0 spiro atoms. The van der Waals surface area contributed by atoms with Crippen molar-refractivity contribution in [3.05, 3.63) is 47.5 Å². The zero-order valence-electron chi connectivity index (χ0n) is 14.6. The minimum atomic E-state index is -0.841. The number of aliphatic hydroxyl groups is 1. The molecule has 0 saturated carbocycles. The van der Waals surface area contributed by atoms with Crippen LogP contribution in [0.3, 0.4) is 0 Å². The number of likely N-dealkylation sites (N-methyl/N-ethyl adjacent to an activating group) is 1. The average molecular weight is 324 g/mol. The van der Waals surface area contributed by atoms with Crippen LogP contribution < -0.4 is 5.32 Å². The van der Waals surface area contributed by atoms with Crippen molar-refractivity contribution in [3.8, 4) is 11.8 Å². The van der Waals surface area contributed by atoms with E-state index >= 15 is 0 Å². The standard InChI is InChI=1S/C21H28N2O/c1-3-4-19-15-17(8-12-22-2)5-6-18(19)7-11-21(24)16-23-13-9-20(21)10-14-23/h3,5-6,15,20,22,24H,1,4,8-10,12-14,16H2,2H3. The van der Waals surface area contributed by atoms with Gasteiger partial charge in [-0.2, -0.15) is 0 Å². The predicted molar refractivity (Wildman–Crippen MR) is 99.0 cm³/mol. The smallest absolute Gasteiger partial charge is 0.141 e. The van der Waals surface area contributed by atoms with Crippen molar-refractivity contribution in [1.82, 2.24) is 10.2 Å². The summed E-state index contributed by atoms with van der Waals surface area (Å²) in [4.78, 5) is 2.33. The number of nitrogens with zero attached hydrogens (tertiary/aromatic N) is 1. The van der Waals surface area contributed by atoms with Crippen molar-refractivity contribution in [2.45, 2.75) is 31.3 Å². The molecule has 2 N–H and O–H groups in total. The average Bonchev–Trinajstić information content (AvgIpc) is 2.60. The van der Waals surface area contributed by atoms with Crippen molar-refractivity contribution in [2.75, 3.05) is 33.2 Å². The van der Waals surface area contributed by atoms with Crippen LogP contribution in [-0.4, -0.2) is 48.8 Å². The monoisotopic (exact) mass is 324 g/mol. The first-order chi connectivity index (χ1) is 11.6. The molecular weight excluding hydrogens is 296 g/mol. The summed E-state index contributed by atoms with van der Waals surface area (Å²) in [5, 5.41) is 14.2. The highest BCUT2D eigenvalue weighted by molar-refractivity contribution is 5.46. The van der Waals surface area contributed by atoms with Gasteiger partial charge in [0.1, 0.15) is 5.60 Å². The highest BCUT2D eigenvalue weighted by atomic mass is 16.3. The van der Waals surface area contributed by atoms with Gasteiger partial charge in [0.25, 0.3) is 0 Å². The van der Waals surface area contributed by atoms with Crippen molar-refractivity contribution in [2.24, 2.45) is 5.92 Å². The second-order valence-electron chi connectivity index (χ2n) is 7.06. The van der Waals surface area contributed by atoms with E-state index in [-0.39, 0.29) is 0 Å². The van der Waals surface area contributed by atoms with E-state index in [0.717, 1.165) is 50.9 Å². The lowest BCUT2D eigenvalue weighted by molar-refractivity contribution is -0.0713. The summed E-state index contributed by atoms with van der Waals surface area (Å²) in [6.45, 7) is 7.75. The lowest BCUT2D eigenvalue weighted by Crippen LogP contribution is -2.58. The molecule has 3 heteroatoms. The molecule has 1 unspecified atom stereocenters. The van der Waals surface area contributed by atoms with Crippen LogP contribution >= 0.6 is 0 Å². The molecule has 128 valence electrons. The van der Waals surface area contributed by atoms with Crippen molar-refractivity contribution < 1.29 is 5.11 Å². The molecule has 3 heterocycles. The first kappa shape index (κ1) is 17.2. The normalized spacial score (nSPS) is 28.2. The van der Waals surface area contributed by atoms with Crippen LogP contribution in [0.4, 0.5) is 0 Å². The molecule has 1 aromatic rings. The van der Waals surface area contributed by atoms with Crippen LogP contribution in [0.15, 0.2) is 30.9 Å². The number of hydrogen-bond donors (Lipinski definition) is 2. The maximum atomic E-state index is 11.0. The number of fused-ring (bicyclic) bond motifs is 3. The van der Waals surface area contributed by atoms with Gasteiger partial charge in [-0.3, -0.25) is 4.90 Å². The Labute approximate surface area is 145 Å². The second-order valence-corrected chi connectivity index (χ2v) is 7.06. The molecule has 2 bridgehead atoms. The lowest BCUT2D eigenvalue weighted by atomic mass is 9.75. The molecule has 1 aromatic carbocycles. The fourth-order valence-electron chi connectivity index (χ4n) is 3.87. The Morgan fingerprint density at radius 3 is 2.83 bits per heavy atom. The summed E-state index contributed by atoms with van der Waals surface area (Å²) in [6, 6.07) is 6.47.